The molecule has 20 heavy (non-hydrogen) atoms. The van der Waals surface area contributed by atoms with Crippen LogP contribution in [0.15, 0.2) is 22.7 Å². The second-order valence-electron chi connectivity index (χ2n) is 4.13. The van der Waals surface area contributed by atoms with Crippen LogP contribution in [0.1, 0.15) is 5.56 Å². The van der Waals surface area contributed by atoms with E-state index in [4.69, 9.17) is 14.2 Å². The highest BCUT2D eigenvalue weighted by Gasteiger charge is 2.01. The SMILES string of the molecule is COCCOCCOCCNCc1cc(Br)ccc1F. The van der Waals surface area contributed by atoms with Gasteiger partial charge in [-0.1, -0.05) is 15.9 Å². The Bertz CT molecular complexity index is 379. The first-order chi connectivity index (χ1) is 9.74. The summed E-state index contributed by atoms with van der Waals surface area (Å²) in [5, 5.41) is 3.13. The first-order valence-electron chi connectivity index (χ1n) is 6.53. The van der Waals surface area contributed by atoms with Crippen molar-refractivity contribution in [2.75, 3.05) is 46.7 Å². The number of methoxy groups -OCH3 is 1. The van der Waals surface area contributed by atoms with Gasteiger partial charge < -0.3 is 19.5 Å². The van der Waals surface area contributed by atoms with Crippen LogP contribution in [0.5, 0.6) is 0 Å². The van der Waals surface area contributed by atoms with Crippen molar-refractivity contribution in [1.29, 1.82) is 0 Å². The van der Waals surface area contributed by atoms with Gasteiger partial charge >= 0.3 is 0 Å². The van der Waals surface area contributed by atoms with Gasteiger partial charge in [0.05, 0.1) is 33.0 Å². The van der Waals surface area contributed by atoms with Gasteiger partial charge in [0.25, 0.3) is 0 Å². The third-order valence-electron chi connectivity index (χ3n) is 2.55. The van der Waals surface area contributed by atoms with Crippen LogP contribution in [-0.2, 0) is 20.8 Å². The fourth-order valence-corrected chi connectivity index (χ4v) is 1.92. The molecule has 1 aromatic carbocycles. The molecule has 0 spiro atoms. The fourth-order valence-electron chi connectivity index (χ4n) is 1.51. The van der Waals surface area contributed by atoms with Crippen LogP contribution in [0.4, 0.5) is 4.39 Å². The first kappa shape index (κ1) is 17.5. The average molecular weight is 350 g/mol. The predicted octanol–water partition coefficient (Wildman–Crippen LogP) is 2.36. The van der Waals surface area contributed by atoms with E-state index in [1.165, 1.54) is 6.07 Å². The minimum atomic E-state index is -0.201. The molecule has 1 rings (SSSR count). The van der Waals surface area contributed by atoms with Crippen LogP contribution in [0.3, 0.4) is 0 Å². The predicted molar refractivity (Wildman–Crippen MR) is 79.3 cm³/mol. The largest absolute Gasteiger partial charge is 0.382 e. The van der Waals surface area contributed by atoms with E-state index in [0.29, 0.717) is 51.7 Å². The van der Waals surface area contributed by atoms with Gasteiger partial charge in [-0.25, -0.2) is 4.39 Å². The van der Waals surface area contributed by atoms with Crippen LogP contribution >= 0.6 is 15.9 Å². The third kappa shape index (κ3) is 7.91. The van der Waals surface area contributed by atoms with Gasteiger partial charge in [0, 0.05) is 30.2 Å². The maximum atomic E-state index is 13.4. The lowest BCUT2D eigenvalue weighted by atomic mass is 10.2. The molecular formula is C14H21BrFNO3. The summed E-state index contributed by atoms with van der Waals surface area (Å²) in [6.45, 7) is 4.02. The molecule has 0 aromatic heterocycles. The average Bonchev–Trinajstić information content (AvgIpc) is 2.44. The van der Waals surface area contributed by atoms with Crippen molar-refractivity contribution in [2.24, 2.45) is 0 Å². The minimum Gasteiger partial charge on any atom is -0.382 e. The van der Waals surface area contributed by atoms with E-state index in [1.54, 1.807) is 19.2 Å². The fraction of sp³-hybridized carbons (Fsp3) is 0.571. The summed E-state index contributed by atoms with van der Waals surface area (Å²) in [4.78, 5) is 0. The Morgan fingerprint density at radius 2 is 1.80 bits per heavy atom. The number of hydrogen-bond donors (Lipinski definition) is 1. The van der Waals surface area contributed by atoms with Crippen molar-refractivity contribution in [1.82, 2.24) is 5.32 Å². The van der Waals surface area contributed by atoms with Crippen molar-refractivity contribution < 1.29 is 18.6 Å². The second kappa shape index (κ2) is 11.2. The summed E-state index contributed by atoms with van der Waals surface area (Å²) >= 11 is 3.32. The molecule has 0 bridgehead atoms. The zero-order valence-corrected chi connectivity index (χ0v) is 13.2. The zero-order valence-electron chi connectivity index (χ0n) is 11.7. The number of benzene rings is 1. The second-order valence-corrected chi connectivity index (χ2v) is 5.05. The quantitative estimate of drug-likeness (QED) is 0.622. The minimum absolute atomic E-state index is 0.201. The summed E-state index contributed by atoms with van der Waals surface area (Å²) in [5.41, 5.74) is 0.641. The Labute approximate surface area is 127 Å². The van der Waals surface area contributed by atoms with Crippen molar-refractivity contribution in [2.45, 2.75) is 6.54 Å². The van der Waals surface area contributed by atoms with Crippen molar-refractivity contribution in [3.05, 3.63) is 34.1 Å². The Hall–Kier alpha value is -0.530. The standard InChI is InChI=1S/C14H21BrFNO3/c1-18-6-7-20-9-8-19-5-4-17-11-12-10-13(15)2-3-14(12)16/h2-3,10,17H,4-9,11H2,1H3. The summed E-state index contributed by atoms with van der Waals surface area (Å²) in [7, 11) is 1.64. The van der Waals surface area contributed by atoms with E-state index < -0.39 is 0 Å². The highest BCUT2D eigenvalue weighted by atomic mass is 79.9. The molecule has 0 aliphatic carbocycles. The molecule has 0 heterocycles. The lowest BCUT2D eigenvalue weighted by molar-refractivity contribution is 0.0255. The van der Waals surface area contributed by atoms with Gasteiger partial charge in [-0.2, -0.15) is 0 Å². The monoisotopic (exact) mass is 349 g/mol. The number of halogens is 2. The Morgan fingerprint density at radius 3 is 2.55 bits per heavy atom. The van der Waals surface area contributed by atoms with E-state index in [0.717, 1.165) is 4.47 Å². The molecule has 0 amide bonds. The molecule has 0 aliphatic heterocycles. The lowest BCUT2D eigenvalue weighted by Gasteiger charge is -2.08. The normalized spacial score (nSPS) is 10.9. The molecular weight excluding hydrogens is 329 g/mol. The molecule has 4 nitrogen and oxygen atoms in total. The van der Waals surface area contributed by atoms with E-state index in [1.807, 2.05) is 0 Å². The highest BCUT2D eigenvalue weighted by Crippen LogP contribution is 2.15. The maximum Gasteiger partial charge on any atom is 0.127 e. The Balaban J connectivity index is 1.98. The van der Waals surface area contributed by atoms with Gasteiger partial charge in [0.1, 0.15) is 5.82 Å². The topological polar surface area (TPSA) is 39.7 Å². The lowest BCUT2D eigenvalue weighted by Crippen LogP contribution is -2.21. The van der Waals surface area contributed by atoms with E-state index in [2.05, 4.69) is 21.2 Å². The molecule has 114 valence electrons. The first-order valence-corrected chi connectivity index (χ1v) is 7.32. The smallest absolute Gasteiger partial charge is 0.127 e. The van der Waals surface area contributed by atoms with E-state index >= 15 is 0 Å². The molecule has 0 aliphatic rings. The molecule has 6 heteroatoms. The van der Waals surface area contributed by atoms with Gasteiger partial charge in [-0.05, 0) is 18.2 Å². The summed E-state index contributed by atoms with van der Waals surface area (Å²) in [6.07, 6.45) is 0. The number of hydrogen-bond acceptors (Lipinski definition) is 4. The molecule has 0 saturated heterocycles. The van der Waals surface area contributed by atoms with Crippen LogP contribution in [0, 0.1) is 5.82 Å². The van der Waals surface area contributed by atoms with Crippen molar-refractivity contribution >= 4 is 15.9 Å². The van der Waals surface area contributed by atoms with Gasteiger partial charge in [0.15, 0.2) is 0 Å². The van der Waals surface area contributed by atoms with Gasteiger partial charge in [-0.15, -0.1) is 0 Å². The highest BCUT2D eigenvalue weighted by molar-refractivity contribution is 9.10. The van der Waals surface area contributed by atoms with Crippen molar-refractivity contribution in [3.63, 3.8) is 0 Å². The molecule has 0 saturated carbocycles. The zero-order chi connectivity index (χ0) is 14.6. The van der Waals surface area contributed by atoms with E-state index in [9.17, 15) is 4.39 Å². The molecule has 1 N–H and O–H groups in total. The number of rotatable bonds is 11. The number of nitrogens with one attached hydrogen (secondary N) is 1. The van der Waals surface area contributed by atoms with Crippen LogP contribution < -0.4 is 5.32 Å². The number of ether oxygens (including phenoxy) is 3. The van der Waals surface area contributed by atoms with Gasteiger partial charge in [-0.3, -0.25) is 0 Å². The summed E-state index contributed by atoms with van der Waals surface area (Å²) < 4.78 is 29.8. The Morgan fingerprint density at radius 1 is 1.10 bits per heavy atom. The van der Waals surface area contributed by atoms with Crippen LogP contribution in [0.25, 0.3) is 0 Å². The Kier molecular flexibility index (Phi) is 9.78. The third-order valence-corrected chi connectivity index (χ3v) is 3.04. The van der Waals surface area contributed by atoms with Crippen molar-refractivity contribution in [3.8, 4) is 0 Å². The maximum absolute atomic E-state index is 13.4. The molecule has 0 fully saturated rings. The van der Waals surface area contributed by atoms with Gasteiger partial charge in [0.2, 0.25) is 0 Å². The van der Waals surface area contributed by atoms with Crippen LogP contribution in [0.2, 0.25) is 0 Å². The molecule has 0 radical (unpaired) electrons. The summed E-state index contributed by atoms with van der Waals surface area (Å²) in [5.74, 6) is -0.201. The summed E-state index contributed by atoms with van der Waals surface area (Å²) in [6, 6.07) is 4.91. The molecule has 0 atom stereocenters. The van der Waals surface area contributed by atoms with E-state index in [-0.39, 0.29) is 5.82 Å². The van der Waals surface area contributed by atoms with Crippen LogP contribution in [-0.4, -0.2) is 46.7 Å². The molecule has 1 aromatic rings. The molecule has 0 unspecified atom stereocenters.